The monoisotopic (exact) mass is 836 g/mol. The van der Waals surface area contributed by atoms with Gasteiger partial charge in [0.05, 0.1) is 16.7 Å². The van der Waals surface area contributed by atoms with E-state index in [1.165, 1.54) is 18.2 Å². The first-order valence-electron chi connectivity index (χ1n) is 18.1. The molecule has 3 rings (SSSR count). The first-order chi connectivity index (χ1) is 23.8. The number of carboxylic acids is 3. The predicted molar refractivity (Wildman–Crippen MR) is 211 cm³/mol. The third-order valence-electron chi connectivity index (χ3n) is 8.98. The van der Waals surface area contributed by atoms with Crippen molar-refractivity contribution in [3.63, 3.8) is 0 Å². The Labute approximate surface area is 354 Å². The normalized spacial score (nSPS) is 12.3. The van der Waals surface area contributed by atoms with Crippen LogP contribution in [-0.4, -0.2) is 33.2 Å². The van der Waals surface area contributed by atoms with Crippen LogP contribution in [0.3, 0.4) is 0 Å². The van der Waals surface area contributed by atoms with Crippen molar-refractivity contribution in [3.05, 3.63) is 86.5 Å². The average molecular weight is 837 g/mol. The van der Waals surface area contributed by atoms with Gasteiger partial charge in [-0.15, -0.1) is 0 Å². The number of aromatic carboxylic acids is 3. The Kier molecular flexibility index (Phi) is 16.7. The minimum atomic E-state index is -1.16. The minimum absolute atomic E-state index is 0. The maximum atomic E-state index is 12.2. The summed E-state index contributed by atoms with van der Waals surface area (Å²) in [5, 5.41) is 63.9. The molecule has 0 aliphatic rings. The summed E-state index contributed by atoms with van der Waals surface area (Å²) in [6.07, 6.45) is 0. The van der Waals surface area contributed by atoms with Gasteiger partial charge in [0.25, 0.3) is 0 Å². The molecule has 300 valence electrons. The number of carbonyl (C=O) groups is 3. The van der Waals surface area contributed by atoms with Crippen LogP contribution in [0.4, 0.5) is 0 Å². The van der Waals surface area contributed by atoms with E-state index in [4.69, 9.17) is 15.3 Å². The zero-order chi connectivity index (χ0) is 42.9. The summed E-state index contributed by atoms with van der Waals surface area (Å²) in [6.45, 7) is 35.3. The summed E-state index contributed by atoms with van der Waals surface area (Å²) in [5.41, 5.74) is 2.30. The Morgan fingerprint density at radius 1 is 0.364 bits per heavy atom. The van der Waals surface area contributed by atoms with Crippen LogP contribution < -0.4 is 15.3 Å². The largest absolute Gasteiger partial charge is 3.00 e. The molecule has 0 atom stereocenters. The van der Waals surface area contributed by atoms with Gasteiger partial charge in [-0.25, -0.2) is 14.4 Å². The third kappa shape index (κ3) is 13.9. The molecular formula is C45H63O9Y. The summed E-state index contributed by atoms with van der Waals surface area (Å²) < 4.78 is 0. The van der Waals surface area contributed by atoms with Crippen LogP contribution in [0, 0.1) is 0 Å². The Morgan fingerprint density at radius 2 is 0.527 bits per heavy atom. The second-order valence-electron chi connectivity index (χ2n) is 20.1. The fraction of sp³-hybridized carbons (Fsp3) is 0.533. The van der Waals surface area contributed by atoms with Crippen molar-refractivity contribution in [2.75, 3.05) is 0 Å². The number of hydrogen-bond donors (Lipinski definition) is 3. The molecule has 10 heteroatoms. The summed E-state index contributed by atoms with van der Waals surface area (Å²) in [7, 11) is 0. The van der Waals surface area contributed by atoms with Gasteiger partial charge in [-0.3, -0.25) is 0 Å². The van der Waals surface area contributed by atoms with Crippen molar-refractivity contribution in [3.8, 4) is 17.2 Å². The number of carboxylic acid groups (broad SMARTS) is 3. The van der Waals surface area contributed by atoms with Crippen LogP contribution in [0.15, 0.2) is 36.4 Å². The van der Waals surface area contributed by atoms with E-state index < -0.39 is 17.9 Å². The first-order valence-corrected chi connectivity index (χ1v) is 18.1. The van der Waals surface area contributed by atoms with Gasteiger partial charge < -0.3 is 30.6 Å². The van der Waals surface area contributed by atoms with Gasteiger partial charge in [-0.05, 0) is 84.1 Å². The summed E-state index contributed by atoms with van der Waals surface area (Å²) in [6, 6.07) is 10.0. The zero-order valence-corrected chi connectivity index (χ0v) is 39.2. The maximum absolute atomic E-state index is 12.2. The number of hydrogen-bond acceptors (Lipinski definition) is 6. The average Bonchev–Trinajstić information content (AvgIpc) is 2.94. The van der Waals surface area contributed by atoms with Crippen molar-refractivity contribution < 1.29 is 77.7 Å². The molecule has 0 aromatic heterocycles. The molecule has 55 heavy (non-hydrogen) atoms. The van der Waals surface area contributed by atoms with E-state index in [9.17, 15) is 29.7 Å². The summed E-state index contributed by atoms with van der Waals surface area (Å²) in [5.74, 6) is -4.58. The number of benzene rings is 3. The third-order valence-corrected chi connectivity index (χ3v) is 8.98. The molecule has 0 radical (unpaired) electrons. The van der Waals surface area contributed by atoms with Crippen LogP contribution in [-0.2, 0) is 65.2 Å². The molecule has 9 nitrogen and oxygen atoms in total. The molecule has 0 saturated carbocycles. The van der Waals surface area contributed by atoms with Crippen LogP contribution in [0.25, 0.3) is 0 Å². The molecule has 0 aliphatic carbocycles. The molecule has 3 N–H and O–H groups in total. The number of rotatable bonds is 3. The van der Waals surface area contributed by atoms with Crippen molar-refractivity contribution in [2.24, 2.45) is 0 Å². The summed E-state index contributed by atoms with van der Waals surface area (Å²) in [4.78, 5) is 33.5. The van der Waals surface area contributed by atoms with Crippen molar-refractivity contribution in [1.29, 1.82) is 0 Å². The molecule has 0 aliphatic heterocycles. The first kappa shape index (κ1) is 51.6. The van der Waals surface area contributed by atoms with E-state index in [0.29, 0.717) is 16.7 Å². The van der Waals surface area contributed by atoms with Gasteiger partial charge in [0.1, 0.15) is 0 Å². The fourth-order valence-corrected chi connectivity index (χ4v) is 5.33. The van der Waals surface area contributed by atoms with E-state index >= 15 is 0 Å². The van der Waals surface area contributed by atoms with Gasteiger partial charge in [0.15, 0.2) is 0 Å². The van der Waals surface area contributed by atoms with Crippen LogP contribution in [0.1, 0.15) is 189 Å². The summed E-state index contributed by atoms with van der Waals surface area (Å²) >= 11 is 0. The quantitative estimate of drug-likeness (QED) is 0.232. The second-order valence-corrected chi connectivity index (χ2v) is 20.1. The molecule has 0 unspecified atom stereocenters. The topological polar surface area (TPSA) is 181 Å². The van der Waals surface area contributed by atoms with E-state index in [1.54, 1.807) is 0 Å². The molecule has 0 spiro atoms. The molecule has 0 saturated heterocycles. The molecule has 0 fully saturated rings. The van der Waals surface area contributed by atoms with Gasteiger partial charge in [-0.2, -0.15) is 0 Å². The molecule has 0 bridgehead atoms. The van der Waals surface area contributed by atoms with E-state index in [-0.39, 0.29) is 99.1 Å². The fourth-order valence-electron chi connectivity index (χ4n) is 5.33. The predicted octanol–water partition coefficient (Wildman–Crippen LogP) is 9.16. The van der Waals surface area contributed by atoms with Crippen molar-refractivity contribution in [2.45, 2.75) is 157 Å². The Bertz CT molecular complexity index is 1650. The second kappa shape index (κ2) is 17.8. The minimum Gasteiger partial charge on any atom is -0.872 e. The van der Waals surface area contributed by atoms with Crippen LogP contribution in [0.5, 0.6) is 17.2 Å². The van der Waals surface area contributed by atoms with Gasteiger partial charge in [0.2, 0.25) is 0 Å². The van der Waals surface area contributed by atoms with Gasteiger partial charge in [-0.1, -0.05) is 160 Å². The van der Waals surface area contributed by atoms with E-state index in [2.05, 4.69) is 0 Å². The molecule has 0 amide bonds. The molecule has 3 aromatic rings. The smallest absolute Gasteiger partial charge is 0.872 e. The SMILES string of the molecule is CC(C)(C)c1cc(C(=O)O)c([O-])c(C(C)(C)C)c1.CC(C)(C)c1cc(C(=O)O)c([O-])c(C(C)(C)C)c1.CC(C)(C)c1cc(C(=O)O)c([O-])c(C(C)(C)C)c1.[Y+3]. The van der Waals surface area contributed by atoms with E-state index in [0.717, 1.165) is 16.7 Å². The van der Waals surface area contributed by atoms with E-state index in [1.807, 2.05) is 143 Å². The molecular weight excluding hydrogens is 773 g/mol. The van der Waals surface area contributed by atoms with Crippen molar-refractivity contribution >= 4 is 17.9 Å². The maximum Gasteiger partial charge on any atom is 3.00 e. The Hall–Kier alpha value is -3.43. The standard InChI is InChI=1S/3C15H22O3.Y/c3*1-14(2,3)9-7-10(13(17)18)12(16)11(8-9)15(4,5)6;/h3*7-8,16H,1-6H3,(H,17,18);/q;;;+3/p-3. The molecule has 3 aromatic carbocycles. The van der Waals surface area contributed by atoms with Crippen LogP contribution in [0.2, 0.25) is 0 Å². The molecule has 0 heterocycles. The van der Waals surface area contributed by atoms with Crippen molar-refractivity contribution in [1.82, 2.24) is 0 Å². The Balaban J connectivity index is 0.000000788. The zero-order valence-electron chi connectivity index (χ0n) is 36.3. The van der Waals surface area contributed by atoms with Gasteiger partial charge >= 0.3 is 50.6 Å². The Morgan fingerprint density at radius 3 is 0.636 bits per heavy atom. The van der Waals surface area contributed by atoms with Crippen LogP contribution >= 0.6 is 0 Å². The van der Waals surface area contributed by atoms with Gasteiger partial charge in [0, 0.05) is 0 Å².